The molecule has 0 aliphatic carbocycles. The highest BCUT2D eigenvalue weighted by molar-refractivity contribution is 8.18. The molecule has 0 aromatic heterocycles. The second-order valence-electron chi connectivity index (χ2n) is 6.55. The molecule has 1 aliphatic heterocycles. The molecule has 166 valence electrons. The van der Waals surface area contributed by atoms with Crippen molar-refractivity contribution in [3.8, 4) is 11.5 Å². The maximum absolute atomic E-state index is 12.7. The van der Waals surface area contributed by atoms with E-state index in [2.05, 4.69) is 4.99 Å². The molecule has 0 radical (unpaired) electrons. The number of carbonyl (C=O) groups is 3. The molecule has 2 aromatic carbocycles. The fourth-order valence-corrected chi connectivity index (χ4v) is 3.75. The molecule has 9 nitrogen and oxygen atoms in total. The number of likely N-dealkylation sites (N-methyl/N-ethyl adjacent to an activating group) is 1. The summed E-state index contributed by atoms with van der Waals surface area (Å²) in [5.74, 6) is -1.76. The number of hydrogen-bond donors (Lipinski definition) is 2. The molecule has 10 heteroatoms. The van der Waals surface area contributed by atoms with Crippen molar-refractivity contribution in [1.82, 2.24) is 4.90 Å². The van der Waals surface area contributed by atoms with Crippen molar-refractivity contribution in [2.45, 2.75) is 6.92 Å². The topological polar surface area (TPSA) is 126 Å². The minimum absolute atomic E-state index is 0.105. The zero-order valence-electron chi connectivity index (χ0n) is 17.3. The van der Waals surface area contributed by atoms with E-state index < -0.39 is 18.5 Å². The van der Waals surface area contributed by atoms with Crippen molar-refractivity contribution in [1.29, 1.82) is 0 Å². The van der Waals surface area contributed by atoms with Gasteiger partial charge in [0.25, 0.3) is 5.91 Å². The first-order valence-corrected chi connectivity index (χ1v) is 10.3. The number of thioether (sulfide) groups is 1. The maximum Gasteiger partial charge on any atom is 0.341 e. The van der Waals surface area contributed by atoms with E-state index >= 15 is 0 Å². The zero-order chi connectivity index (χ0) is 23.3. The predicted molar refractivity (Wildman–Crippen MR) is 120 cm³/mol. The summed E-state index contributed by atoms with van der Waals surface area (Å²) in [7, 11) is 1.59. The van der Waals surface area contributed by atoms with Crippen molar-refractivity contribution >= 4 is 46.5 Å². The summed E-state index contributed by atoms with van der Waals surface area (Å²) in [6.45, 7) is 1.65. The maximum atomic E-state index is 12.7. The van der Waals surface area contributed by atoms with Gasteiger partial charge in [0.05, 0.1) is 22.8 Å². The molecule has 0 bridgehead atoms. The number of benzene rings is 2. The number of rotatable bonds is 8. The van der Waals surface area contributed by atoms with Crippen LogP contribution in [-0.4, -0.2) is 58.4 Å². The van der Waals surface area contributed by atoms with E-state index in [4.69, 9.17) is 19.7 Å². The van der Waals surface area contributed by atoms with Crippen LogP contribution in [0.1, 0.15) is 22.8 Å². The van der Waals surface area contributed by atoms with Crippen LogP contribution in [0.3, 0.4) is 0 Å². The molecule has 1 heterocycles. The molecule has 0 atom stereocenters. The van der Waals surface area contributed by atoms with Crippen LogP contribution < -0.4 is 9.47 Å². The number of nitrogens with zero attached hydrogens (tertiary/aromatic N) is 2. The molecule has 2 aromatic rings. The lowest BCUT2D eigenvalue weighted by molar-refractivity contribution is -0.139. The van der Waals surface area contributed by atoms with E-state index in [1.54, 1.807) is 50.4 Å². The number of carbonyl (C=O) groups excluding carboxylic acids is 1. The standard InChI is InChI=1S/C22H20N2O7S/c1-3-30-17-9-13(7-8-16(17)31-12-19(25)26)10-18-20(27)24(2)22(32-18)23-15-6-4-5-14(11-15)21(28)29/h4-11H,3,12H2,1-2H3,(H,25,26)(H,28,29)/b18-10-,23-22?. The summed E-state index contributed by atoms with van der Waals surface area (Å²) in [6.07, 6.45) is 1.67. The van der Waals surface area contributed by atoms with Gasteiger partial charge in [0.15, 0.2) is 23.3 Å². The summed E-state index contributed by atoms with van der Waals surface area (Å²) in [4.78, 5) is 40.8. The zero-order valence-corrected chi connectivity index (χ0v) is 18.1. The average Bonchev–Trinajstić information content (AvgIpc) is 3.01. The van der Waals surface area contributed by atoms with Gasteiger partial charge >= 0.3 is 11.9 Å². The average molecular weight is 456 g/mol. The molecule has 1 fully saturated rings. The van der Waals surface area contributed by atoms with Crippen molar-refractivity contribution < 1.29 is 34.1 Å². The van der Waals surface area contributed by atoms with Crippen LogP contribution in [0.4, 0.5) is 5.69 Å². The number of hydrogen-bond acceptors (Lipinski definition) is 7. The van der Waals surface area contributed by atoms with Gasteiger partial charge in [-0.25, -0.2) is 14.6 Å². The Balaban J connectivity index is 1.86. The molecule has 0 saturated carbocycles. The lowest BCUT2D eigenvalue weighted by atomic mass is 10.2. The summed E-state index contributed by atoms with van der Waals surface area (Å²) in [6, 6.07) is 11.1. The van der Waals surface area contributed by atoms with Crippen LogP contribution in [0.2, 0.25) is 0 Å². The van der Waals surface area contributed by atoms with Crippen LogP contribution in [-0.2, 0) is 9.59 Å². The van der Waals surface area contributed by atoms with Crippen molar-refractivity contribution in [2.75, 3.05) is 20.3 Å². The van der Waals surface area contributed by atoms with E-state index in [-0.39, 0.29) is 11.5 Å². The molecule has 1 amide bonds. The summed E-state index contributed by atoms with van der Waals surface area (Å²) in [5.41, 5.74) is 1.19. The predicted octanol–water partition coefficient (Wildman–Crippen LogP) is 3.48. The Morgan fingerprint density at radius 3 is 2.59 bits per heavy atom. The van der Waals surface area contributed by atoms with Crippen LogP contribution in [0.25, 0.3) is 6.08 Å². The highest BCUT2D eigenvalue weighted by Gasteiger charge is 2.30. The van der Waals surface area contributed by atoms with Crippen molar-refractivity contribution in [3.05, 3.63) is 58.5 Å². The van der Waals surface area contributed by atoms with Gasteiger partial charge in [-0.05, 0) is 60.7 Å². The van der Waals surface area contributed by atoms with E-state index in [1.165, 1.54) is 17.0 Å². The van der Waals surface area contributed by atoms with Crippen molar-refractivity contribution in [2.24, 2.45) is 4.99 Å². The first-order chi connectivity index (χ1) is 15.3. The Kier molecular flexibility index (Phi) is 7.16. The van der Waals surface area contributed by atoms with Gasteiger partial charge in [0, 0.05) is 7.05 Å². The fraction of sp³-hybridized carbons (Fsp3) is 0.182. The number of ether oxygens (including phenoxy) is 2. The first kappa shape index (κ1) is 22.9. The molecular weight excluding hydrogens is 436 g/mol. The lowest BCUT2D eigenvalue weighted by Gasteiger charge is -2.11. The number of carboxylic acids is 2. The molecule has 1 aliphatic rings. The Hall–Kier alpha value is -3.79. The second-order valence-corrected chi connectivity index (χ2v) is 7.56. The van der Waals surface area contributed by atoms with Gasteiger partial charge < -0.3 is 19.7 Å². The summed E-state index contributed by atoms with van der Waals surface area (Å²) >= 11 is 1.16. The second kappa shape index (κ2) is 10.0. The van der Waals surface area contributed by atoms with Gasteiger partial charge in [-0.2, -0.15) is 0 Å². The molecule has 0 unspecified atom stereocenters. The van der Waals surface area contributed by atoms with Crippen LogP contribution in [0.5, 0.6) is 11.5 Å². The molecule has 1 saturated heterocycles. The molecule has 0 spiro atoms. The molecule has 3 rings (SSSR count). The van der Waals surface area contributed by atoms with Crippen LogP contribution >= 0.6 is 11.8 Å². The molecule has 32 heavy (non-hydrogen) atoms. The lowest BCUT2D eigenvalue weighted by Crippen LogP contribution is -2.23. The highest BCUT2D eigenvalue weighted by atomic mass is 32.2. The van der Waals surface area contributed by atoms with Crippen LogP contribution in [0, 0.1) is 0 Å². The monoisotopic (exact) mass is 456 g/mol. The van der Waals surface area contributed by atoms with Gasteiger partial charge in [0.2, 0.25) is 0 Å². The Morgan fingerprint density at radius 1 is 1.12 bits per heavy atom. The third-order valence-corrected chi connectivity index (χ3v) is 5.30. The van der Waals surface area contributed by atoms with Gasteiger partial charge in [-0.3, -0.25) is 9.69 Å². The summed E-state index contributed by atoms with van der Waals surface area (Å²) in [5, 5.41) is 18.4. The first-order valence-electron chi connectivity index (χ1n) is 9.49. The number of aliphatic imine (C=N–C) groups is 1. The largest absolute Gasteiger partial charge is 0.490 e. The van der Waals surface area contributed by atoms with Gasteiger partial charge in [0.1, 0.15) is 0 Å². The van der Waals surface area contributed by atoms with E-state index in [0.717, 1.165) is 11.8 Å². The normalized spacial score (nSPS) is 15.9. The quantitative estimate of drug-likeness (QED) is 0.578. The SMILES string of the molecule is CCOc1cc(/C=C2\SC(=Nc3cccc(C(=O)O)c3)N(C)C2=O)ccc1OCC(=O)O. The third kappa shape index (κ3) is 5.46. The van der Waals surface area contributed by atoms with Gasteiger partial charge in [-0.1, -0.05) is 12.1 Å². The van der Waals surface area contributed by atoms with E-state index in [1.807, 2.05) is 0 Å². The third-order valence-electron chi connectivity index (χ3n) is 4.24. The van der Waals surface area contributed by atoms with Gasteiger partial charge in [-0.15, -0.1) is 0 Å². The Labute approximate surface area is 188 Å². The number of aliphatic carboxylic acids is 1. The van der Waals surface area contributed by atoms with Crippen molar-refractivity contribution in [3.63, 3.8) is 0 Å². The number of amides is 1. The molecule has 2 N–H and O–H groups in total. The van der Waals surface area contributed by atoms with Crippen LogP contribution in [0.15, 0.2) is 52.4 Å². The fourth-order valence-electron chi connectivity index (χ4n) is 2.76. The Morgan fingerprint density at radius 2 is 1.91 bits per heavy atom. The van der Waals surface area contributed by atoms with E-state index in [0.29, 0.717) is 39.4 Å². The smallest absolute Gasteiger partial charge is 0.341 e. The summed E-state index contributed by atoms with van der Waals surface area (Å²) < 4.78 is 10.8. The minimum Gasteiger partial charge on any atom is -0.490 e. The number of aromatic carboxylic acids is 1. The molecular formula is C22H20N2O7S. The highest BCUT2D eigenvalue weighted by Crippen LogP contribution is 2.35. The minimum atomic E-state index is -1.10. The number of carboxylic acid groups (broad SMARTS) is 2. The van der Waals surface area contributed by atoms with E-state index in [9.17, 15) is 14.4 Å². The number of amidine groups is 1. The Bertz CT molecular complexity index is 1130.